The van der Waals surface area contributed by atoms with Crippen molar-refractivity contribution in [1.82, 2.24) is 24.2 Å². The minimum absolute atomic E-state index is 0.0870. The van der Waals surface area contributed by atoms with Crippen LogP contribution in [0.2, 0.25) is 0 Å². The smallest absolute Gasteiger partial charge is 0.123 e. The van der Waals surface area contributed by atoms with E-state index in [4.69, 9.17) is 0 Å². The molecule has 2 aliphatic heterocycles. The molecule has 4 aromatic rings. The number of hydrogen-bond donors (Lipinski definition) is 0. The van der Waals surface area contributed by atoms with E-state index in [0.717, 1.165) is 67.7 Å². The van der Waals surface area contributed by atoms with Crippen LogP contribution < -0.4 is 4.90 Å². The van der Waals surface area contributed by atoms with Gasteiger partial charge >= 0.3 is 0 Å². The van der Waals surface area contributed by atoms with Crippen LogP contribution in [-0.2, 0) is 29.8 Å². The zero-order valence-corrected chi connectivity index (χ0v) is 27.3. The first kappa shape index (κ1) is 30.4. The Bertz CT molecular complexity index is 1610. The van der Waals surface area contributed by atoms with Gasteiger partial charge in [-0.05, 0) is 99.5 Å². The monoisotopic (exact) mass is 628 g/mol. The molecule has 1 saturated carbocycles. The van der Waals surface area contributed by atoms with Gasteiger partial charge in [0, 0.05) is 73.7 Å². The van der Waals surface area contributed by atoms with Gasteiger partial charge in [0.05, 0.1) is 21.9 Å². The third kappa shape index (κ3) is 6.13. The Hall–Kier alpha value is -3.30. The van der Waals surface area contributed by atoms with Gasteiger partial charge in [0.25, 0.3) is 0 Å². The highest BCUT2D eigenvalue weighted by atomic mass is 32.2. The van der Waals surface area contributed by atoms with Crippen molar-refractivity contribution in [2.45, 2.75) is 67.2 Å². The number of nitrogens with zero attached hydrogens (tertiary/aromatic N) is 6. The van der Waals surface area contributed by atoms with E-state index in [0.29, 0.717) is 17.8 Å². The summed E-state index contributed by atoms with van der Waals surface area (Å²) in [4.78, 5) is 11.2. The molecule has 238 valence electrons. The van der Waals surface area contributed by atoms with Gasteiger partial charge < -0.3 is 14.4 Å². The van der Waals surface area contributed by atoms with E-state index < -0.39 is 10.8 Å². The Morgan fingerprint density at radius 3 is 2.36 bits per heavy atom. The van der Waals surface area contributed by atoms with Gasteiger partial charge in [-0.25, -0.2) is 13.6 Å². The topological polar surface area (TPSA) is 59.2 Å². The maximum atomic E-state index is 14.8. The largest absolute Gasteiger partial charge is 0.371 e. The quantitative estimate of drug-likeness (QED) is 0.209. The molecule has 4 heterocycles. The van der Waals surface area contributed by atoms with E-state index in [2.05, 4.69) is 55.8 Å². The summed E-state index contributed by atoms with van der Waals surface area (Å²) in [5.74, 6) is 2.64. The van der Waals surface area contributed by atoms with E-state index in [1.54, 1.807) is 16.9 Å². The summed E-state index contributed by atoms with van der Waals surface area (Å²) in [5, 5.41) is 4.15. The van der Waals surface area contributed by atoms with Crippen LogP contribution in [0.15, 0.2) is 83.1 Å². The van der Waals surface area contributed by atoms with Crippen molar-refractivity contribution in [1.29, 1.82) is 0 Å². The number of benzene rings is 2. The van der Waals surface area contributed by atoms with Crippen LogP contribution in [0.25, 0.3) is 0 Å². The summed E-state index contributed by atoms with van der Waals surface area (Å²) < 4.78 is 31.7. The first-order valence-corrected chi connectivity index (χ1v) is 17.8. The Labute approximate surface area is 268 Å². The Morgan fingerprint density at radius 1 is 0.978 bits per heavy atom. The van der Waals surface area contributed by atoms with E-state index >= 15 is 0 Å². The zero-order chi connectivity index (χ0) is 31.0. The molecule has 2 aromatic heterocycles. The average Bonchev–Trinajstić information content (AvgIpc) is 3.81. The normalized spacial score (nSPS) is 20.7. The minimum atomic E-state index is -1.21. The van der Waals surface area contributed by atoms with Gasteiger partial charge in [-0.1, -0.05) is 25.0 Å². The molecule has 2 unspecified atom stereocenters. The molecule has 9 heteroatoms. The van der Waals surface area contributed by atoms with Crippen LogP contribution in [0.3, 0.4) is 0 Å². The van der Waals surface area contributed by atoms with Crippen molar-refractivity contribution < 1.29 is 8.60 Å². The fraction of sp³-hybridized carbons (Fsp3) is 0.500. The molecule has 45 heavy (non-hydrogen) atoms. The lowest BCUT2D eigenvalue weighted by Crippen LogP contribution is -2.54. The first-order chi connectivity index (χ1) is 21.9. The van der Waals surface area contributed by atoms with Crippen LogP contribution in [0.1, 0.15) is 49.9 Å². The summed E-state index contributed by atoms with van der Waals surface area (Å²) in [6.45, 7) is 8.41. The maximum absolute atomic E-state index is 14.8. The van der Waals surface area contributed by atoms with Crippen molar-refractivity contribution in [3.05, 3.63) is 90.5 Å². The number of aryl methyl sites for hydroxylation is 2. The molecule has 7 nitrogen and oxygen atoms in total. The number of imidazole rings is 1. The molecule has 1 aliphatic carbocycles. The van der Waals surface area contributed by atoms with Crippen LogP contribution in [0, 0.1) is 30.5 Å². The zero-order valence-electron chi connectivity index (χ0n) is 26.5. The third-order valence-electron chi connectivity index (χ3n) is 10.9. The standard InChI is InChI=1S/C36H45FN6OS/c1-27-38-16-19-42(27)26-36(29-6-3-4-7-29,31-8-5-9-32(37)20-31)30-14-17-41(18-15-30)22-28-23-43(24-28)33-10-12-34(13-11-33)45(44)35-21-39-40(2)25-35/h5,8-13,16,19-21,25,28-30H,3-4,6-7,14-15,17-18,22-24,26H2,1-2H3. The molecule has 3 aliphatic rings. The third-order valence-corrected chi connectivity index (χ3v) is 12.2. The second kappa shape index (κ2) is 12.8. The molecule has 7 rings (SSSR count). The second-order valence-corrected chi connectivity index (χ2v) is 15.1. The van der Waals surface area contributed by atoms with Gasteiger partial charge in [-0.15, -0.1) is 0 Å². The number of likely N-dealkylation sites (tertiary alicyclic amines) is 1. The lowest BCUT2D eigenvalue weighted by molar-refractivity contribution is 0.0640. The van der Waals surface area contributed by atoms with E-state index in [-0.39, 0.29) is 11.2 Å². The first-order valence-electron chi connectivity index (χ1n) is 16.6. The fourth-order valence-electron chi connectivity index (χ4n) is 8.53. The van der Waals surface area contributed by atoms with Crippen LogP contribution in [-0.4, -0.2) is 61.2 Å². The number of halogens is 1. The van der Waals surface area contributed by atoms with Gasteiger partial charge in [0.15, 0.2) is 0 Å². The number of rotatable bonds is 10. The molecule has 0 bridgehead atoms. The van der Waals surface area contributed by atoms with Crippen molar-refractivity contribution in [3.8, 4) is 0 Å². The SMILES string of the molecule is Cc1nccn1CC(c1cccc(F)c1)(C1CCCC1)C1CCN(CC2CN(c3ccc(S(=O)c4cnn(C)c4)cc3)C2)CC1. The van der Waals surface area contributed by atoms with E-state index in [1.807, 2.05) is 43.7 Å². The Kier molecular flexibility index (Phi) is 8.66. The van der Waals surface area contributed by atoms with Crippen LogP contribution in [0.5, 0.6) is 0 Å². The van der Waals surface area contributed by atoms with Crippen LogP contribution in [0.4, 0.5) is 10.1 Å². The number of aromatic nitrogens is 4. The molecule has 2 atom stereocenters. The predicted molar refractivity (Wildman–Crippen MR) is 176 cm³/mol. The lowest BCUT2D eigenvalue weighted by atomic mass is 9.59. The summed E-state index contributed by atoms with van der Waals surface area (Å²) in [7, 11) is 0.630. The maximum Gasteiger partial charge on any atom is 0.123 e. The Morgan fingerprint density at radius 2 is 1.71 bits per heavy atom. The molecule has 2 saturated heterocycles. The number of hydrogen-bond acceptors (Lipinski definition) is 5. The molecule has 0 N–H and O–H groups in total. The molecule has 0 spiro atoms. The molecule has 0 radical (unpaired) electrons. The predicted octanol–water partition coefficient (Wildman–Crippen LogP) is 6.21. The lowest BCUT2D eigenvalue weighted by Gasteiger charge is -2.50. The van der Waals surface area contributed by atoms with Crippen LogP contribution >= 0.6 is 0 Å². The summed E-state index contributed by atoms with van der Waals surface area (Å²) >= 11 is 0. The average molecular weight is 629 g/mol. The number of piperidine rings is 1. The van der Waals surface area contributed by atoms with Crippen molar-refractivity contribution >= 4 is 16.5 Å². The molecule has 2 aromatic carbocycles. The molecule has 3 fully saturated rings. The van der Waals surface area contributed by atoms with E-state index in [1.165, 1.54) is 36.9 Å². The fourth-order valence-corrected chi connectivity index (χ4v) is 9.58. The number of anilines is 1. The highest BCUT2D eigenvalue weighted by Gasteiger charge is 2.49. The van der Waals surface area contributed by atoms with Crippen molar-refractivity contribution in [3.63, 3.8) is 0 Å². The Balaban J connectivity index is 0.995. The highest BCUT2D eigenvalue weighted by Crippen LogP contribution is 2.51. The molecule has 0 amide bonds. The molecular formula is C36H45FN6OS. The van der Waals surface area contributed by atoms with Gasteiger partial charge in [0.2, 0.25) is 0 Å². The highest BCUT2D eigenvalue weighted by molar-refractivity contribution is 7.85. The van der Waals surface area contributed by atoms with Gasteiger partial charge in [0.1, 0.15) is 11.6 Å². The van der Waals surface area contributed by atoms with Crippen molar-refractivity contribution in [2.75, 3.05) is 37.6 Å². The molecular weight excluding hydrogens is 584 g/mol. The minimum Gasteiger partial charge on any atom is -0.371 e. The van der Waals surface area contributed by atoms with Gasteiger partial charge in [-0.3, -0.25) is 4.68 Å². The van der Waals surface area contributed by atoms with E-state index in [9.17, 15) is 8.60 Å². The summed E-state index contributed by atoms with van der Waals surface area (Å²) in [6.07, 6.45) is 14.8. The summed E-state index contributed by atoms with van der Waals surface area (Å²) in [5.41, 5.74) is 2.30. The van der Waals surface area contributed by atoms with Crippen molar-refractivity contribution in [2.24, 2.45) is 24.8 Å². The van der Waals surface area contributed by atoms with Gasteiger partial charge in [-0.2, -0.15) is 5.10 Å². The second-order valence-electron chi connectivity index (χ2n) is 13.6. The summed E-state index contributed by atoms with van der Waals surface area (Å²) in [6, 6.07) is 15.7.